The Hall–Kier alpha value is -2.36. The molecule has 1 aliphatic rings. The minimum atomic E-state index is -0.681. The van der Waals surface area contributed by atoms with Crippen molar-refractivity contribution in [1.29, 1.82) is 0 Å². The lowest BCUT2D eigenvalue weighted by Crippen LogP contribution is -2.05. The van der Waals surface area contributed by atoms with Crippen LogP contribution in [-0.2, 0) is 11.2 Å². The fourth-order valence-electron chi connectivity index (χ4n) is 3.14. The third kappa shape index (κ3) is 4.38. The van der Waals surface area contributed by atoms with Crippen LogP contribution in [0.15, 0.2) is 42.5 Å². The normalized spacial score (nSPS) is 19.0. The molecule has 1 aliphatic carbocycles. The Morgan fingerprint density at radius 2 is 1.96 bits per heavy atom. The molecule has 0 aromatic heterocycles. The van der Waals surface area contributed by atoms with Crippen molar-refractivity contribution in [1.82, 2.24) is 0 Å². The van der Waals surface area contributed by atoms with E-state index >= 15 is 0 Å². The van der Waals surface area contributed by atoms with Crippen LogP contribution in [0, 0.1) is 17.7 Å². The summed E-state index contributed by atoms with van der Waals surface area (Å²) in [6.07, 6.45) is 2.58. The lowest BCUT2D eigenvalue weighted by atomic mass is 10.0. The van der Waals surface area contributed by atoms with Gasteiger partial charge in [-0.25, -0.2) is 4.39 Å². The van der Waals surface area contributed by atoms with E-state index < -0.39 is 5.97 Å². The molecule has 0 bridgehead atoms. The molecule has 1 N–H and O–H groups in total. The van der Waals surface area contributed by atoms with Gasteiger partial charge in [-0.2, -0.15) is 0 Å². The highest BCUT2D eigenvalue weighted by Crippen LogP contribution is 2.42. The number of halogens is 1. The summed E-state index contributed by atoms with van der Waals surface area (Å²) in [5.41, 5.74) is 2.48. The molecule has 4 heteroatoms. The van der Waals surface area contributed by atoms with Crippen molar-refractivity contribution in [2.45, 2.75) is 39.2 Å². The van der Waals surface area contributed by atoms with E-state index in [0.29, 0.717) is 17.2 Å². The monoisotopic (exact) mass is 342 g/mol. The highest BCUT2D eigenvalue weighted by atomic mass is 19.1. The van der Waals surface area contributed by atoms with Crippen molar-refractivity contribution in [2.75, 3.05) is 0 Å². The number of aliphatic carboxylic acids is 1. The molecule has 0 saturated heterocycles. The standard InChI is InChI=1S/C21H23FO3/c1-13(2)25-17-9-10-20(22)18(12-17)15-6-3-14(4-7-15)5-8-16-11-19(16)21(23)24/h3-4,6-7,9-10,12-13,16,19H,5,8,11H2,1-2H3,(H,23,24)/t16-,19-/m0/s1. The van der Waals surface area contributed by atoms with Gasteiger partial charge in [-0.05, 0) is 68.4 Å². The predicted molar refractivity (Wildman–Crippen MR) is 95.2 cm³/mol. The number of carbonyl (C=O) groups is 1. The van der Waals surface area contributed by atoms with Gasteiger partial charge in [-0.15, -0.1) is 0 Å². The van der Waals surface area contributed by atoms with E-state index in [9.17, 15) is 9.18 Å². The average Bonchev–Trinajstić information content (AvgIpc) is 3.35. The van der Waals surface area contributed by atoms with Crippen molar-refractivity contribution in [2.24, 2.45) is 11.8 Å². The van der Waals surface area contributed by atoms with Gasteiger partial charge in [-0.3, -0.25) is 4.79 Å². The molecule has 0 spiro atoms. The SMILES string of the molecule is CC(C)Oc1ccc(F)c(-c2ccc(CC[C@H]3C[C@@H]3C(=O)O)cc2)c1. The lowest BCUT2D eigenvalue weighted by Gasteiger charge is -2.12. The van der Waals surface area contributed by atoms with Gasteiger partial charge < -0.3 is 9.84 Å². The van der Waals surface area contributed by atoms with E-state index in [2.05, 4.69) is 0 Å². The summed E-state index contributed by atoms with van der Waals surface area (Å²) in [7, 11) is 0. The number of rotatable bonds is 7. The van der Waals surface area contributed by atoms with Gasteiger partial charge in [0.25, 0.3) is 0 Å². The molecular weight excluding hydrogens is 319 g/mol. The first-order valence-corrected chi connectivity index (χ1v) is 8.72. The highest BCUT2D eigenvalue weighted by Gasteiger charge is 2.42. The Kier molecular flexibility index (Phi) is 5.07. The fourth-order valence-corrected chi connectivity index (χ4v) is 3.14. The van der Waals surface area contributed by atoms with Crippen LogP contribution in [0.2, 0.25) is 0 Å². The molecule has 0 amide bonds. The average molecular weight is 342 g/mol. The molecule has 1 saturated carbocycles. The number of carboxylic acids is 1. The van der Waals surface area contributed by atoms with Crippen molar-refractivity contribution in [3.8, 4) is 16.9 Å². The van der Waals surface area contributed by atoms with Gasteiger partial charge >= 0.3 is 5.97 Å². The van der Waals surface area contributed by atoms with Crippen molar-refractivity contribution < 1.29 is 19.0 Å². The number of ether oxygens (including phenoxy) is 1. The molecule has 1 fully saturated rings. The molecular formula is C21H23FO3. The largest absolute Gasteiger partial charge is 0.491 e. The van der Waals surface area contributed by atoms with E-state index in [1.165, 1.54) is 6.07 Å². The highest BCUT2D eigenvalue weighted by molar-refractivity contribution is 5.73. The zero-order chi connectivity index (χ0) is 18.0. The first kappa shape index (κ1) is 17.5. The second kappa shape index (κ2) is 7.26. The van der Waals surface area contributed by atoms with Crippen molar-refractivity contribution in [3.63, 3.8) is 0 Å². The molecule has 25 heavy (non-hydrogen) atoms. The summed E-state index contributed by atoms with van der Waals surface area (Å²) in [6.45, 7) is 3.87. The molecule has 3 nitrogen and oxygen atoms in total. The molecule has 3 rings (SSSR count). The van der Waals surface area contributed by atoms with Gasteiger partial charge in [0.1, 0.15) is 11.6 Å². The van der Waals surface area contributed by atoms with E-state index in [-0.39, 0.29) is 17.8 Å². The lowest BCUT2D eigenvalue weighted by molar-refractivity contribution is -0.138. The van der Waals surface area contributed by atoms with Crippen LogP contribution >= 0.6 is 0 Å². The summed E-state index contributed by atoms with van der Waals surface area (Å²) in [5, 5.41) is 8.94. The molecule has 2 aromatic rings. The molecule has 0 heterocycles. The third-order valence-electron chi connectivity index (χ3n) is 4.62. The van der Waals surface area contributed by atoms with Crippen LogP contribution in [0.3, 0.4) is 0 Å². The molecule has 0 aliphatic heterocycles. The smallest absolute Gasteiger partial charge is 0.306 e. The third-order valence-corrected chi connectivity index (χ3v) is 4.62. The number of carboxylic acid groups (broad SMARTS) is 1. The number of aryl methyl sites for hydroxylation is 1. The molecule has 0 radical (unpaired) electrons. The zero-order valence-corrected chi connectivity index (χ0v) is 14.5. The van der Waals surface area contributed by atoms with E-state index in [0.717, 1.165) is 30.4 Å². The minimum absolute atomic E-state index is 0.0396. The molecule has 2 atom stereocenters. The summed E-state index contributed by atoms with van der Waals surface area (Å²) >= 11 is 0. The number of benzene rings is 2. The Labute approximate surface area is 147 Å². The van der Waals surface area contributed by atoms with Crippen LogP contribution in [-0.4, -0.2) is 17.2 Å². The van der Waals surface area contributed by atoms with Gasteiger partial charge in [0.05, 0.1) is 12.0 Å². The maximum atomic E-state index is 14.2. The topological polar surface area (TPSA) is 46.5 Å². The Balaban J connectivity index is 1.67. The zero-order valence-electron chi connectivity index (χ0n) is 14.5. The molecule has 2 aromatic carbocycles. The van der Waals surface area contributed by atoms with Crippen LogP contribution < -0.4 is 4.74 Å². The summed E-state index contributed by atoms with van der Waals surface area (Å²) in [4.78, 5) is 10.9. The van der Waals surface area contributed by atoms with Gasteiger partial charge in [0, 0.05) is 5.56 Å². The Morgan fingerprint density at radius 1 is 1.24 bits per heavy atom. The second-order valence-corrected chi connectivity index (χ2v) is 6.98. The quantitative estimate of drug-likeness (QED) is 0.776. The molecule has 132 valence electrons. The summed E-state index contributed by atoms with van der Waals surface area (Å²) in [6, 6.07) is 12.6. The first-order valence-electron chi connectivity index (χ1n) is 8.72. The van der Waals surface area contributed by atoms with Gasteiger partial charge in [0.2, 0.25) is 0 Å². The number of hydrogen-bond donors (Lipinski definition) is 1. The van der Waals surface area contributed by atoms with Crippen molar-refractivity contribution in [3.05, 3.63) is 53.8 Å². The van der Waals surface area contributed by atoms with Gasteiger partial charge in [0.15, 0.2) is 0 Å². The minimum Gasteiger partial charge on any atom is -0.491 e. The Bertz CT molecular complexity index is 752. The first-order chi connectivity index (χ1) is 11.9. The van der Waals surface area contributed by atoms with E-state index in [4.69, 9.17) is 9.84 Å². The van der Waals surface area contributed by atoms with Gasteiger partial charge in [-0.1, -0.05) is 24.3 Å². The second-order valence-electron chi connectivity index (χ2n) is 6.98. The van der Waals surface area contributed by atoms with Crippen LogP contribution in [0.25, 0.3) is 11.1 Å². The summed E-state index contributed by atoms with van der Waals surface area (Å²) < 4.78 is 19.8. The van der Waals surface area contributed by atoms with Crippen molar-refractivity contribution >= 4 is 5.97 Å². The van der Waals surface area contributed by atoms with Crippen LogP contribution in [0.1, 0.15) is 32.3 Å². The fraction of sp³-hybridized carbons (Fsp3) is 0.381. The summed E-state index contributed by atoms with van der Waals surface area (Å²) in [5.74, 6) is -0.147. The van der Waals surface area contributed by atoms with Crippen LogP contribution in [0.5, 0.6) is 5.75 Å². The Morgan fingerprint density at radius 3 is 2.56 bits per heavy atom. The maximum absolute atomic E-state index is 14.2. The molecule has 0 unspecified atom stereocenters. The van der Waals surface area contributed by atoms with E-state index in [1.54, 1.807) is 12.1 Å². The van der Waals surface area contributed by atoms with E-state index in [1.807, 2.05) is 38.1 Å². The van der Waals surface area contributed by atoms with Crippen LogP contribution in [0.4, 0.5) is 4.39 Å². The predicted octanol–water partition coefficient (Wildman–Crippen LogP) is 4.93. The number of hydrogen-bond acceptors (Lipinski definition) is 2. The maximum Gasteiger partial charge on any atom is 0.306 e.